The van der Waals surface area contributed by atoms with Crippen LogP contribution in [0.3, 0.4) is 0 Å². The van der Waals surface area contributed by atoms with E-state index in [0.717, 1.165) is 12.1 Å². The van der Waals surface area contributed by atoms with Crippen LogP contribution in [0.4, 0.5) is 18.9 Å². The summed E-state index contributed by atoms with van der Waals surface area (Å²) in [6.07, 6.45) is 2.43. The quantitative estimate of drug-likeness (QED) is 0.644. The summed E-state index contributed by atoms with van der Waals surface area (Å²) in [5, 5.41) is 5.93. The highest BCUT2D eigenvalue weighted by molar-refractivity contribution is 7.80. The van der Waals surface area contributed by atoms with Crippen LogP contribution in [0.5, 0.6) is 0 Å². The molecule has 0 aliphatic rings. The largest absolute Gasteiger partial charge is 0.416 e. The van der Waals surface area contributed by atoms with Gasteiger partial charge in [-0.3, -0.25) is 0 Å². The van der Waals surface area contributed by atoms with Crippen molar-refractivity contribution >= 4 is 23.0 Å². The molecule has 1 rings (SSSR count). The SMILES string of the molecule is C#CC(CC)(CC)NC(=S)Nc1cccc(C(F)(F)F)c1. The molecule has 0 aliphatic carbocycles. The Morgan fingerprint density at radius 1 is 1.29 bits per heavy atom. The van der Waals surface area contributed by atoms with Crippen molar-refractivity contribution in [2.45, 2.75) is 38.4 Å². The Labute approximate surface area is 128 Å². The first-order valence-corrected chi connectivity index (χ1v) is 6.91. The third-order valence-corrected chi connectivity index (χ3v) is 3.49. The predicted molar refractivity (Wildman–Crippen MR) is 82.9 cm³/mol. The smallest absolute Gasteiger partial charge is 0.346 e. The van der Waals surface area contributed by atoms with E-state index in [1.54, 1.807) is 0 Å². The van der Waals surface area contributed by atoms with Crippen LogP contribution in [0.2, 0.25) is 0 Å². The summed E-state index contributed by atoms with van der Waals surface area (Å²) < 4.78 is 37.9. The van der Waals surface area contributed by atoms with Gasteiger partial charge in [-0.15, -0.1) is 6.42 Å². The number of halogens is 3. The molecule has 0 radical (unpaired) electrons. The number of benzene rings is 1. The molecule has 0 unspecified atom stereocenters. The highest BCUT2D eigenvalue weighted by atomic mass is 32.1. The van der Waals surface area contributed by atoms with Gasteiger partial charge in [-0.25, -0.2) is 0 Å². The molecule has 2 nitrogen and oxygen atoms in total. The maximum atomic E-state index is 12.6. The Morgan fingerprint density at radius 3 is 2.38 bits per heavy atom. The van der Waals surface area contributed by atoms with Crippen LogP contribution in [0.25, 0.3) is 0 Å². The molecule has 0 amide bonds. The van der Waals surface area contributed by atoms with Gasteiger partial charge in [0.2, 0.25) is 0 Å². The molecular weight excluding hydrogens is 297 g/mol. The normalized spacial score (nSPS) is 11.6. The lowest BCUT2D eigenvalue weighted by atomic mass is 9.94. The molecule has 1 aromatic carbocycles. The molecule has 21 heavy (non-hydrogen) atoms. The third-order valence-electron chi connectivity index (χ3n) is 3.28. The van der Waals surface area contributed by atoms with E-state index in [0.29, 0.717) is 12.8 Å². The third kappa shape index (κ3) is 4.64. The van der Waals surface area contributed by atoms with Gasteiger partial charge in [-0.05, 0) is 43.3 Å². The Hall–Kier alpha value is -1.74. The minimum atomic E-state index is -4.39. The monoisotopic (exact) mass is 314 g/mol. The van der Waals surface area contributed by atoms with Gasteiger partial charge in [-0.1, -0.05) is 25.8 Å². The summed E-state index contributed by atoms with van der Waals surface area (Å²) in [4.78, 5) is 0. The van der Waals surface area contributed by atoms with Crippen LogP contribution in [0.1, 0.15) is 32.3 Å². The molecule has 0 aromatic heterocycles. The fourth-order valence-corrected chi connectivity index (χ4v) is 2.13. The van der Waals surface area contributed by atoms with Gasteiger partial charge in [0.05, 0.1) is 11.1 Å². The van der Waals surface area contributed by atoms with Crippen molar-refractivity contribution < 1.29 is 13.2 Å². The second-order valence-corrected chi connectivity index (χ2v) is 5.00. The van der Waals surface area contributed by atoms with Gasteiger partial charge in [0.25, 0.3) is 0 Å². The Kier molecular flexibility index (Phi) is 5.62. The van der Waals surface area contributed by atoms with Gasteiger partial charge < -0.3 is 10.6 Å². The van der Waals surface area contributed by atoms with Crippen molar-refractivity contribution in [3.05, 3.63) is 29.8 Å². The molecule has 0 heterocycles. The molecule has 6 heteroatoms. The molecule has 0 fully saturated rings. The highest BCUT2D eigenvalue weighted by Gasteiger charge is 2.30. The number of nitrogens with one attached hydrogen (secondary N) is 2. The van der Waals surface area contributed by atoms with E-state index in [9.17, 15) is 13.2 Å². The van der Waals surface area contributed by atoms with Gasteiger partial charge in [0, 0.05) is 5.69 Å². The fraction of sp³-hybridized carbons (Fsp3) is 0.400. The number of rotatable bonds is 4. The van der Waals surface area contributed by atoms with Crippen molar-refractivity contribution in [2.24, 2.45) is 0 Å². The topological polar surface area (TPSA) is 24.1 Å². The molecule has 0 atom stereocenters. The molecule has 0 aliphatic heterocycles. The average Bonchev–Trinajstić information content (AvgIpc) is 2.44. The van der Waals surface area contributed by atoms with Crippen molar-refractivity contribution in [3.63, 3.8) is 0 Å². The van der Waals surface area contributed by atoms with Crippen LogP contribution in [-0.2, 0) is 6.18 Å². The minimum absolute atomic E-state index is 0.205. The summed E-state index contributed by atoms with van der Waals surface area (Å²) in [5.74, 6) is 2.65. The zero-order chi connectivity index (χ0) is 16.1. The molecule has 0 spiro atoms. The fourth-order valence-electron chi connectivity index (χ4n) is 1.82. The van der Waals surface area contributed by atoms with Crippen LogP contribution in [-0.4, -0.2) is 10.7 Å². The van der Waals surface area contributed by atoms with E-state index in [1.165, 1.54) is 12.1 Å². The van der Waals surface area contributed by atoms with Crippen LogP contribution in [0.15, 0.2) is 24.3 Å². The van der Waals surface area contributed by atoms with Gasteiger partial charge >= 0.3 is 6.18 Å². The Bertz CT molecular complexity index is 543. The number of hydrogen-bond acceptors (Lipinski definition) is 1. The van der Waals surface area contributed by atoms with Crippen molar-refractivity contribution in [3.8, 4) is 12.3 Å². The van der Waals surface area contributed by atoms with E-state index in [2.05, 4.69) is 16.6 Å². The molecule has 2 N–H and O–H groups in total. The second-order valence-electron chi connectivity index (χ2n) is 4.59. The van der Waals surface area contributed by atoms with E-state index >= 15 is 0 Å². The molecule has 0 saturated carbocycles. The highest BCUT2D eigenvalue weighted by Crippen LogP contribution is 2.30. The lowest BCUT2D eigenvalue weighted by molar-refractivity contribution is -0.137. The number of anilines is 1. The molecule has 1 aromatic rings. The summed E-state index contributed by atoms with van der Waals surface area (Å²) in [5.41, 5.74) is -1.06. The molecule has 114 valence electrons. The van der Waals surface area contributed by atoms with Gasteiger partial charge in [0.1, 0.15) is 0 Å². The van der Waals surface area contributed by atoms with E-state index < -0.39 is 17.3 Å². The maximum absolute atomic E-state index is 12.6. The first-order chi connectivity index (χ1) is 9.76. The first kappa shape index (κ1) is 17.3. The Balaban J connectivity index is 2.83. The van der Waals surface area contributed by atoms with Crippen LogP contribution >= 0.6 is 12.2 Å². The predicted octanol–water partition coefficient (Wildman–Crippen LogP) is 4.18. The number of hydrogen-bond donors (Lipinski definition) is 2. The summed E-state index contributed by atoms with van der Waals surface area (Å²) in [6.45, 7) is 3.84. The molecule has 0 saturated heterocycles. The number of terminal acetylenes is 1. The zero-order valence-corrected chi connectivity index (χ0v) is 12.7. The standard InChI is InChI=1S/C15H17F3N2S/c1-4-14(5-2,6-3)20-13(21)19-12-9-7-8-11(10-12)15(16,17)18/h1,7-10H,5-6H2,2-3H3,(H2,19,20,21). The van der Waals surface area contributed by atoms with Crippen molar-refractivity contribution in [1.29, 1.82) is 0 Å². The van der Waals surface area contributed by atoms with Crippen molar-refractivity contribution in [1.82, 2.24) is 5.32 Å². The second kappa shape index (κ2) is 6.81. The summed E-state index contributed by atoms with van der Waals surface area (Å²) >= 11 is 5.12. The van der Waals surface area contributed by atoms with Crippen LogP contribution in [0, 0.1) is 12.3 Å². The first-order valence-electron chi connectivity index (χ1n) is 6.50. The van der Waals surface area contributed by atoms with Gasteiger partial charge in [-0.2, -0.15) is 13.2 Å². The summed E-state index contributed by atoms with van der Waals surface area (Å²) in [6, 6.07) is 4.84. The number of thiocarbonyl (C=S) groups is 1. The van der Waals surface area contributed by atoms with Crippen molar-refractivity contribution in [2.75, 3.05) is 5.32 Å². The molecular formula is C15H17F3N2S. The van der Waals surface area contributed by atoms with E-state index in [4.69, 9.17) is 18.6 Å². The maximum Gasteiger partial charge on any atom is 0.416 e. The Morgan fingerprint density at radius 2 is 1.90 bits per heavy atom. The summed E-state index contributed by atoms with van der Waals surface area (Å²) in [7, 11) is 0. The minimum Gasteiger partial charge on any atom is -0.346 e. The average molecular weight is 314 g/mol. The van der Waals surface area contributed by atoms with E-state index in [1.807, 2.05) is 13.8 Å². The van der Waals surface area contributed by atoms with Crippen LogP contribution < -0.4 is 10.6 Å². The number of alkyl halides is 3. The molecule has 0 bridgehead atoms. The zero-order valence-electron chi connectivity index (χ0n) is 11.8. The lowest BCUT2D eigenvalue weighted by Crippen LogP contribution is -2.48. The van der Waals surface area contributed by atoms with E-state index in [-0.39, 0.29) is 10.8 Å². The van der Waals surface area contributed by atoms with Gasteiger partial charge in [0.15, 0.2) is 5.11 Å². The lowest BCUT2D eigenvalue weighted by Gasteiger charge is -2.28.